The first-order valence-corrected chi connectivity index (χ1v) is 5.13. The molecule has 0 fully saturated rings. The van der Waals surface area contributed by atoms with Crippen LogP contribution in [-0.2, 0) is 14.4 Å². The van der Waals surface area contributed by atoms with Crippen molar-refractivity contribution in [1.29, 1.82) is 0 Å². The molecule has 0 unspecified atom stereocenters. The molecule has 6 heteroatoms. The van der Waals surface area contributed by atoms with Gasteiger partial charge in [0.25, 0.3) is 0 Å². The van der Waals surface area contributed by atoms with Crippen LogP contribution in [0.15, 0.2) is 0 Å². The Morgan fingerprint density at radius 3 is 1.75 bits per heavy atom. The number of hydrogen-bond acceptors (Lipinski definition) is 3. The summed E-state index contributed by atoms with van der Waals surface area (Å²) in [6.07, 6.45) is 6.38. The van der Waals surface area contributed by atoms with Crippen molar-refractivity contribution in [3.8, 4) is 0 Å². The average molecular weight is 234 g/mol. The van der Waals surface area contributed by atoms with E-state index >= 15 is 0 Å². The van der Waals surface area contributed by atoms with Gasteiger partial charge in [-0.25, -0.2) is 0 Å². The molecule has 6 nitrogen and oxygen atoms in total. The van der Waals surface area contributed by atoms with Gasteiger partial charge in [-0.3, -0.25) is 14.4 Å². The lowest BCUT2D eigenvalue weighted by atomic mass is 10.1. The predicted molar refractivity (Wildman–Crippen MR) is 61.5 cm³/mol. The number of amides is 2. The Labute approximate surface area is 96.0 Å². The molecule has 0 saturated heterocycles. The van der Waals surface area contributed by atoms with E-state index in [4.69, 9.17) is 14.7 Å². The van der Waals surface area contributed by atoms with Crippen molar-refractivity contribution in [3.63, 3.8) is 0 Å². The summed E-state index contributed by atoms with van der Waals surface area (Å²) < 4.78 is 0. The topological polar surface area (TPSA) is 123 Å². The number of unbranched alkanes of at least 4 members (excludes halogenated alkanes) is 4. The highest BCUT2D eigenvalue weighted by Crippen LogP contribution is 2.04. The van der Waals surface area contributed by atoms with Crippen LogP contribution >= 0.6 is 0 Å². The standard InChI is InChI=1S/C8H16O2.2CH3NO/c1-2-3-4-5-6-7-8(9)10;2*2-1-3/h2-7H2,1H3,(H,9,10);2*1H,(H2,2,3). The molecule has 0 saturated carbocycles. The van der Waals surface area contributed by atoms with Crippen LogP contribution in [0.2, 0.25) is 0 Å². The van der Waals surface area contributed by atoms with Crippen LogP contribution in [0.4, 0.5) is 0 Å². The van der Waals surface area contributed by atoms with Crippen LogP contribution in [0, 0.1) is 0 Å². The molecule has 0 spiro atoms. The van der Waals surface area contributed by atoms with Crippen LogP contribution in [-0.4, -0.2) is 23.9 Å². The predicted octanol–water partition coefficient (Wildman–Crippen LogP) is 0.635. The lowest BCUT2D eigenvalue weighted by molar-refractivity contribution is -0.137. The van der Waals surface area contributed by atoms with Crippen LogP contribution in [0.5, 0.6) is 0 Å². The summed E-state index contributed by atoms with van der Waals surface area (Å²) in [6, 6.07) is 0. The van der Waals surface area contributed by atoms with Crippen molar-refractivity contribution in [1.82, 2.24) is 0 Å². The number of primary amides is 2. The molecule has 0 aromatic carbocycles. The smallest absolute Gasteiger partial charge is 0.303 e. The van der Waals surface area contributed by atoms with Gasteiger partial charge in [-0.2, -0.15) is 0 Å². The highest BCUT2D eigenvalue weighted by Gasteiger charge is 1.94. The van der Waals surface area contributed by atoms with Crippen molar-refractivity contribution in [3.05, 3.63) is 0 Å². The Hall–Kier alpha value is -1.59. The molecule has 0 atom stereocenters. The third-order valence-electron chi connectivity index (χ3n) is 1.49. The van der Waals surface area contributed by atoms with Gasteiger partial charge in [0, 0.05) is 6.42 Å². The normalized spacial score (nSPS) is 7.56. The third-order valence-corrected chi connectivity index (χ3v) is 1.49. The second kappa shape index (κ2) is 23.3. The van der Waals surface area contributed by atoms with E-state index in [1.807, 2.05) is 0 Å². The Morgan fingerprint density at radius 2 is 1.44 bits per heavy atom. The fourth-order valence-electron chi connectivity index (χ4n) is 0.880. The van der Waals surface area contributed by atoms with E-state index in [0.29, 0.717) is 6.42 Å². The van der Waals surface area contributed by atoms with Gasteiger partial charge in [-0.1, -0.05) is 32.6 Å². The summed E-state index contributed by atoms with van der Waals surface area (Å²) >= 11 is 0. The highest BCUT2D eigenvalue weighted by atomic mass is 16.4. The first-order valence-electron chi connectivity index (χ1n) is 5.13. The molecular formula is C10H22N2O4. The van der Waals surface area contributed by atoms with Crippen LogP contribution in [0.1, 0.15) is 45.4 Å². The Kier molecular flexibility index (Phi) is 29.0. The van der Waals surface area contributed by atoms with Gasteiger partial charge in [0.15, 0.2) is 0 Å². The van der Waals surface area contributed by atoms with Crippen LogP contribution in [0.25, 0.3) is 0 Å². The first kappa shape index (κ1) is 19.9. The van der Waals surface area contributed by atoms with E-state index in [9.17, 15) is 4.79 Å². The van der Waals surface area contributed by atoms with E-state index in [0.717, 1.165) is 12.8 Å². The molecular weight excluding hydrogens is 212 g/mol. The Bertz CT molecular complexity index is 157. The lowest BCUT2D eigenvalue weighted by Crippen LogP contribution is -1.93. The fraction of sp³-hybridized carbons (Fsp3) is 0.700. The summed E-state index contributed by atoms with van der Waals surface area (Å²) in [7, 11) is 0. The quantitative estimate of drug-likeness (QED) is 0.460. The zero-order valence-corrected chi connectivity index (χ0v) is 9.72. The minimum Gasteiger partial charge on any atom is -0.481 e. The van der Waals surface area contributed by atoms with Gasteiger partial charge in [-0.05, 0) is 6.42 Å². The molecule has 0 aromatic heterocycles. The van der Waals surface area contributed by atoms with E-state index in [1.165, 1.54) is 19.3 Å². The lowest BCUT2D eigenvalue weighted by Gasteiger charge is -1.95. The third kappa shape index (κ3) is 55.2. The molecule has 96 valence electrons. The van der Waals surface area contributed by atoms with Crippen molar-refractivity contribution in [2.45, 2.75) is 45.4 Å². The Morgan fingerprint density at radius 1 is 1.06 bits per heavy atom. The highest BCUT2D eigenvalue weighted by molar-refractivity contribution is 5.66. The maximum atomic E-state index is 10.0. The van der Waals surface area contributed by atoms with Crippen molar-refractivity contribution in [2.24, 2.45) is 11.5 Å². The number of carboxylic acids is 1. The van der Waals surface area contributed by atoms with Gasteiger partial charge < -0.3 is 16.6 Å². The van der Waals surface area contributed by atoms with Gasteiger partial charge in [-0.15, -0.1) is 0 Å². The maximum Gasteiger partial charge on any atom is 0.303 e. The number of carbonyl (C=O) groups excluding carboxylic acids is 2. The van der Waals surface area contributed by atoms with Crippen LogP contribution < -0.4 is 11.5 Å². The molecule has 16 heavy (non-hydrogen) atoms. The van der Waals surface area contributed by atoms with Gasteiger partial charge >= 0.3 is 5.97 Å². The van der Waals surface area contributed by atoms with E-state index < -0.39 is 5.97 Å². The monoisotopic (exact) mass is 234 g/mol. The number of carbonyl (C=O) groups is 3. The summed E-state index contributed by atoms with van der Waals surface area (Å²) in [5, 5.41) is 8.27. The molecule has 0 aliphatic heterocycles. The van der Waals surface area contributed by atoms with Gasteiger partial charge in [0.1, 0.15) is 0 Å². The molecule has 0 aliphatic carbocycles. The van der Waals surface area contributed by atoms with Crippen molar-refractivity contribution < 1.29 is 19.5 Å². The number of aliphatic carboxylic acids is 1. The average Bonchev–Trinajstić information content (AvgIpc) is 2.19. The molecule has 0 aliphatic rings. The second-order valence-electron chi connectivity index (χ2n) is 2.83. The zero-order chi connectivity index (χ0) is 13.2. The second-order valence-corrected chi connectivity index (χ2v) is 2.83. The number of nitrogens with two attached hydrogens (primary N) is 2. The van der Waals surface area contributed by atoms with Crippen molar-refractivity contribution in [2.75, 3.05) is 0 Å². The molecule has 5 N–H and O–H groups in total. The largest absolute Gasteiger partial charge is 0.481 e. The van der Waals surface area contributed by atoms with Crippen LogP contribution in [0.3, 0.4) is 0 Å². The van der Waals surface area contributed by atoms with Gasteiger partial charge in [0.2, 0.25) is 12.8 Å². The molecule has 0 bridgehead atoms. The zero-order valence-electron chi connectivity index (χ0n) is 9.72. The molecule has 0 radical (unpaired) electrons. The van der Waals surface area contributed by atoms with E-state index in [2.05, 4.69) is 18.4 Å². The Balaban J connectivity index is -0.000000235. The van der Waals surface area contributed by atoms with Crippen molar-refractivity contribution >= 4 is 18.8 Å². The summed E-state index contributed by atoms with van der Waals surface area (Å²) in [4.78, 5) is 27.2. The number of carboxylic acid groups (broad SMARTS) is 1. The SMILES string of the molecule is CCCCCCCC(=O)O.NC=O.NC=O. The number of rotatable bonds is 6. The van der Waals surface area contributed by atoms with Gasteiger partial charge in [0.05, 0.1) is 0 Å². The summed E-state index contributed by atoms with van der Waals surface area (Å²) in [6.45, 7) is 2.15. The molecule has 0 heterocycles. The molecule has 2 amide bonds. The van der Waals surface area contributed by atoms with E-state index in [1.54, 1.807) is 0 Å². The molecule has 0 aromatic rings. The first-order chi connectivity index (χ1) is 7.60. The van der Waals surface area contributed by atoms with E-state index in [-0.39, 0.29) is 12.8 Å². The minimum atomic E-state index is -0.670. The maximum absolute atomic E-state index is 10.0. The summed E-state index contributed by atoms with van der Waals surface area (Å²) in [5.41, 5.74) is 8.33. The minimum absolute atomic E-state index is 0.250. The number of hydrogen-bond donors (Lipinski definition) is 3. The molecule has 0 rings (SSSR count). The summed E-state index contributed by atoms with van der Waals surface area (Å²) in [5.74, 6) is -0.670. The fourth-order valence-corrected chi connectivity index (χ4v) is 0.880.